The topological polar surface area (TPSA) is 75.6 Å². The zero-order chi connectivity index (χ0) is 15.6. The maximum atomic E-state index is 11.2. The second-order valence-electron chi connectivity index (χ2n) is 5.70. The van der Waals surface area contributed by atoms with E-state index in [-0.39, 0.29) is 0 Å². The first-order valence-electron chi connectivity index (χ1n) is 7.90. The van der Waals surface area contributed by atoms with E-state index in [4.69, 9.17) is 11.5 Å². The van der Waals surface area contributed by atoms with Crippen LogP contribution < -0.4 is 11.5 Å². The molecule has 5 heteroatoms. The molecule has 0 saturated heterocycles. The van der Waals surface area contributed by atoms with Crippen LogP contribution in [-0.4, -0.2) is 60.5 Å². The number of hydrogen-bond donors (Lipinski definition) is 2. The van der Waals surface area contributed by atoms with Gasteiger partial charge in [0.15, 0.2) is 0 Å². The van der Waals surface area contributed by atoms with E-state index in [1.54, 1.807) is 6.92 Å². The Balaban J connectivity index is 3.90. The van der Waals surface area contributed by atoms with Gasteiger partial charge in [0.1, 0.15) is 0 Å². The molecule has 120 valence electrons. The van der Waals surface area contributed by atoms with Gasteiger partial charge in [-0.25, -0.2) is 0 Å². The predicted molar refractivity (Wildman–Crippen MR) is 85.5 cm³/mol. The lowest BCUT2D eigenvalue weighted by Gasteiger charge is -2.25. The van der Waals surface area contributed by atoms with Gasteiger partial charge in [0, 0.05) is 0 Å². The molecule has 0 fully saturated rings. The molecule has 1 amide bonds. The molecule has 0 aliphatic rings. The zero-order valence-corrected chi connectivity index (χ0v) is 13.8. The number of rotatable bonds is 12. The summed E-state index contributed by atoms with van der Waals surface area (Å²) >= 11 is 0. The molecule has 0 aromatic rings. The van der Waals surface area contributed by atoms with Crippen molar-refractivity contribution in [2.75, 3.05) is 39.3 Å². The average molecular weight is 286 g/mol. The summed E-state index contributed by atoms with van der Waals surface area (Å²) in [6.07, 6.45) is 2.75. The van der Waals surface area contributed by atoms with Gasteiger partial charge < -0.3 is 21.3 Å². The van der Waals surface area contributed by atoms with Crippen LogP contribution in [0.2, 0.25) is 0 Å². The van der Waals surface area contributed by atoms with E-state index in [2.05, 4.69) is 30.6 Å². The summed E-state index contributed by atoms with van der Waals surface area (Å²) < 4.78 is 0. The summed E-state index contributed by atoms with van der Waals surface area (Å²) in [6, 6.07) is 0. The highest BCUT2D eigenvalue weighted by atomic mass is 16.1. The fraction of sp³-hybridized carbons (Fsp3) is 0.933. The average Bonchev–Trinajstić information content (AvgIpc) is 2.41. The Hall–Kier alpha value is -0.650. The minimum atomic E-state index is -0.874. The normalized spacial score (nSPS) is 14.8. The summed E-state index contributed by atoms with van der Waals surface area (Å²) in [7, 11) is 0. The van der Waals surface area contributed by atoms with Crippen LogP contribution in [0.15, 0.2) is 0 Å². The smallest absolute Gasteiger partial charge is 0.237 e. The van der Waals surface area contributed by atoms with Gasteiger partial charge in [-0.3, -0.25) is 4.79 Å². The lowest BCUT2D eigenvalue weighted by atomic mass is 9.96. The van der Waals surface area contributed by atoms with E-state index in [0.717, 1.165) is 45.7 Å². The van der Waals surface area contributed by atoms with Crippen LogP contribution in [-0.2, 0) is 4.79 Å². The van der Waals surface area contributed by atoms with Crippen molar-refractivity contribution in [3.05, 3.63) is 0 Å². The molecule has 0 heterocycles. The molecule has 0 radical (unpaired) electrons. The minimum absolute atomic E-state index is 0.415. The van der Waals surface area contributed by atoms with Crippen LogP contribution in [0, 0.1) is 0 Å². The second kappa shape index (κ2) is 10.1. The molecule has 0 saturated carbocycles. The number of amides is 1. The number of carbonyl (C=O) groups excluding carboxylic acids is 1. The summed E-state index contributed by atoms with van der Waals surface area (Å²) in [5, 5.41) is 0. The first kappa shape index (κ1) is 19.4. The Kier molecular flexibility index (Phi) is 9.80. The third-order valence-electron chi connectivity index (χ3n) is 4.02. The minimum Gasteiger partial charge on any atom is -0.368 e. The monoisotopic (exact) mass is 286 g/mol. The van der Waals surface area contributed by atoms with Gasteiger partial charge in [-0.1, -0.05) is 20.8 Å². The molecule has 0 aromatic heterocycles. The molecular formula is C15H34N4O. The fourth-order valence-corrected chi connectivity index (χ4v) is 2.28. The Morgan fingerprint density at radius 1 is 0.950 bits per heavy atom. The molecule has 0 bridgehead atoms. The molecular weight excluding hydrogens is 252 g/mol. The van der Waals surface area contributed by atoms with Crippen LogP contribution >= 0.6 is 0 Å². The van der Waals surface area contributed by atoms with Gasteiger partial charge in [0.25, 0.3) is 0 Å². The van der Waals surface area contributed by atoms with Crippen LogP contribution in [0.5, 0.6) is 0 Å². The number of nitrogens with zero attached hydrogens (tertiary/aromatic N) is 2. The lowest BCUT2D eigenvalue weighted by Crippen LogP contribution is -2.49. The van der Waals surface area contributed by atoms with Crippen molar-refractivity contribution >= 4 is 5.91 Å². The largest absolute Gasteiger partial charge is 0.368 e. The Morgan fingerprint density at radius 3 is 1.85 bits per heavy atom. The Labute approximate surface area is 124 Å². The van der Waals surface area contributed by atoms with Gasteiger partial charge in [-0.2, -0.15) is 0 Å². The molecule has 0 spiro atoms. The molecule has 1 atom stereocenters. The lowest BCUT2D eigenvalue weighted by molar-refractivity contribution is -0.122. The van der Waals surface area contributed by atoms with E-state index < -0.39 is 11.4 Å². The van der Waals surface area contributed by atoms with Gasteiger partial charge in [0.05, 0.1) is 5.54 Å². The van der Waals surface area contributed by atoms with E-state index in [1.165, 1.54) is 6.42 Å². The molecule has 0 rings (SSSR count). The van der Waals surface area contributed by atoms with Crippen molar-refractivity contribution in [2.45, 2.75) is 52.5 Å². The van der Waals surface area contributed by atoms with Crippen molar-refractivity contribution in [1.29, 1.82) is 0 Å². The number of nitrogens with two attached hydrogens (primary N) is 2. The van der Waals surface area contributed by atoms with Crippen molar-refractivity contribution in [1.82, 2.24) is 9.80 Å². The Morgan fingerprint density at radius 2 is 1.40 bits per heavy atom. The maximum Gasteiger partial charge on any atom is 0.237 e. The first-order valence-corrected chi connectivity index (χ1v) is 7.90. The second-order valence-corrected chi connectivity index (χ2v) is 5.70. The highest BCUT2D eigenvalue weighted by Crippen LogP contribution is 2.09. The van der Waals surface area contributed by atoms with Crippen molar-refractivity contribution in [2.24, 2.45) is 11.5 Å². The molecule has 1 unspecified atom stereocenters. The van der Waals surface area contributed by atoms with Gasteiger partial charge >= 0.3 is 0 Å². The first-order chi connectivity index (χ1) is 9.37. The fourth-order valence-electron chi connectivity index (χ4n) is 2.28. The van der Waals surface area contributed by atoms with E-state index in [9.17, 15) is 4.79 Å². The summed E-state index contributed by atoms with van der Waals surface area (Å²) in [4.78, 5) is 16.0. The highest BCUT2D eigenvalue weighted by molar-refractivity contribution is 5.83. The van der Waals surface area contributed by atoms with Gasteiger partial charge in [-0.05, 0) is 65.5 Å². The molecule has 4 N–H and O–H groups in total. The highest BCUT2D eigenvalue weighted by Gasteiger charge is 2.24. The SMILES string of the molecule is CCN(CC)CCCN(CC)CCCC(C)(N)C(N)=O. The van der Waals surface area contributed by atoms with Gasteiger partial charge in [0.2, 0.25) is 5.91 Å². The maximum absolute atomic E-state index is 11.2. The molecule has 0 aliphatic heterocycles. The zero-order valence-electron chi connectivity index (χ0n) is 13.8. The third-order valence-corrected chi connectivity index (χ3v) is 4.02. The Bertz CT molecular complexity index is 265. The molecule has 0 aliphatic carbocycles. The quantitative estimate of drug-likeness (QED) is 0.562. The standard InChI is InChI=1S/C15H34N4O/c1-5-18(6-2)12-9-13-19(7-3)11-8-10-15(4,17)14(16)20/h5-13,17H2,1-4H3,(H2,16,20). The number of carbonyl (C=O) groups is 1. The molecule has 20 heavy (non-hydrogen) atoms. The molecule has 5 nitrogen and oxygen atoms in total. The van der Waals surface area contributed by atoms with E-state index in [0.29, 0.717) is 6.42 Å². The van der Waals surface area contributed by atoms with E-state index in [1.807, 2.05) is 0 Å². The van der Waals surface area contributed by atoms with E-state index >= 15 is 0 Å². The summed E-state index contributed by atoms with van der Waals surface area (Å²) in [5.41, 5.74) is 10.3. The van der Waals surface area contributed by atoms with Crippen LogP contribution in [0.4, 0.5) is 0 Å². The van der Waals surface area contributed by atoms with Crippen LogP contribution in [0.25, 0.3) is 0 Å². The van der Waals surface area contributed by atoms with Crippen LogP contribution in [0.3, 0.4) is 0 Å². The third kappa shape index (κ3) is 7.82. The number of primary amides is 1. The van der Waals surface area contributed by atoms with Crippen molar-refractivity contribution in [3.63, 3.8) is 0 Å². The molecule has 0 aromatic carbocycles. The summed E-state index contributed by atoms with van der Waals surface area (Å²) in [5.74, 6) is -0.415. The predicted octanol–water partition coefficient (Wildman–Crippen LogP) is 1.02. The van der Waals surface area contributed by atoms with Crippen molar-refractivity contribution in [3.8, 4) is 0 Å². The van der Waals surface area contributed by atoms with Gasteiger partial charge in [-0.15, -0.1) is 0 Å². The van der Waals surface area contributed by atoms with Crippen LogP contribution in [0.1, 0.15) is 47.0 Å². The summed E-state index contributed by atoms with van der Waals surface area (Å²) in [6.45, 7) is 14.8. The number of hydrogen-bond acceptors (Lipinski definition) is 4. The van der Waals surface area contributed by atoms with Crippen molar-refractivity contribution < 1.29 is 4.79 Å².